The Morgan fingerprint density at radius 1 is 1.00 bits per heavy atom. The van der Waals surface area contributed by atoms with Crippen LogP contribution in [0.5, 0.6) is 0 Å². The summed E-state index contributed by atoms with van der Waals surface area (Å²) in [4.78, 5) is 14.3. The first-order valence-electron chi connectivity index (χ1n) is 9.77. The number of carbonyl (C=O) groups is 1. The normalized spacial score (nSPS) is 15.5. The van der Waals surface area contributed by atoms with Gasteiger partial charge >= 0.3 is 0 Å². The van der Waals surface area contributed by atoms with Crippen molar-refractivity contribution in [3.8, 4) is 6.07 Å². The minimum atomic E-state index is -3.58. The summed E-state index contributed by atoms with van der Waals surface area (Å²) in [6, 6.07) is 7.92. The van der Waals surface area contributed by atoms with Gasteiger partial charge in [-0.1, -0.05) is 39.0 Å². The predicted molar refractivity (Wildman–Crippen MR) is 104 cm³/mol. The van der Waals surface area contributed by atoms with Crippen molar-refractivity contribution in [3.63, 3.8) is 0 Å². The second-order valence-electron chi connectivity index (χ2n) is 6.94. The molecule has 2 rings (SSSR count). The lowest BCUT2D eigenvalue weighted by molar-refractivity contribution is -0.132. The average Bonchev–Trinajstić information content (AvgIpc) is 2.70. The molecule has 148 valence electrons. The molecule has 0 radical (unpaired) electrons. The molecule has 1 aromatic carbocycles. The Bertz CT molecular complexity index is 746. The molecule has 1 aromatic rings. The van der Waals surface area contributed by atoms with Crippen LogP contribution in [0.3, 0.4) is 0 Å². The lowest BCUT2D eigenvalue weighted by atomic mass is 10.1. The van der Waals surface area contributed by atoms with Gasteiger partial charge < -0.3 is 4.90 Å². The fourth-order valence-electron chi connectivity index (χ4n) is 3.24. The van der Waals surface area contributed by atoms with Gasteiger partial charge in [-0.3, -0.25) is 4.79 Å². The van der Waals surface area contributed by atoms with Crippen molar-refractivity contribution < 1.29 is 13.2 Å². The molecule has 0 spiro atoms. The van der Waals surface area contributed by atoms with Crippen LogP contribution < -0.4 is 0 Å². The monoisotopic (exact) mass is 391 g/mol. The number of benzene rings is 1. The SMILES string of the molecule is CCCCCCCCC(=O)N1CCN(S(=O)(=O)c2ccc(C#N)cc2)CC1. The molecule has 1 aliphatic heterocycles. The van der Waals surface area contributed by atoms with Crippen LogP contribution in [-0.2, 0) is 14.8 Å². The van der Waals surface area contributed by atoms with E-state index in [4.69, 9.17) is 5.26 Å². The van der Waals surface area contributed by atoms with Crippen molar-refractivity contribution in [1.82, 2.24) is 9.21 Å². The van der Waals surface area contributed by atoms with E-state index in [1.54, 1.807) is 4.90 Å². The summed E-state index contributed by atoms with van der Waals surface area (Å²) in [5, 5.41) is 8.83. The molecule has 27 heavy (non-hydrogen) atoms. The number of amides is 1. The number of hydrogen-bond donors (Lipinski definition) is 0. The van der Waals surface area contributed by atoms with Gasteiger partial charge in [-0.2, -0.15) is 9.57 Å². The lowest BCUT2D eigenvalue weighted by Gasteiger charge is -2.34. The molecule has 0 saturated carbocycles. The van der Waals surface area contributed by atoms with Crippen LogP contribution in [0.15, 0.2) is 29.2 Å². The number of nitriles is 1. The molecule has 1 saturated heterocycles. The van der Waals surface area contributed by atoms with Crippen LogP contribution in [0.25, 0.3) is 0 Å². The summed E-state index contributed by atoms with van der Waals surface area (Å²) in [5.41, 5.74) is 0.430. The Labute approximate surface area is 162 Å². The standard InChI is InChI=1S/C20H29N3O3S/c1-2-3-4-5-6-7-8-20(24)22-13-15-23(16-14-22)27(25,26)19-11-9-18(17-21)10-12-19/h9-12H,2-8,13-16H2,1H3. The maximum Gasteiger partial charge on any atom is 0.243 e. The van der Waals surface area contributed by atoms with Crippen LogP contribution >= 0.6 is 0 Å². The molecule has 1 aliphatic rings. The number of piperazine rings is 1. The van der Waals surface area contributed by atoms with Gasteiger partial charge in [0.25, 0.3) is 0 Å². The van der Waals surface area contributed by atoms with Crippen molar-refractivity contribution in [3.05, 3.63) is 29.8 Å². The van der Waals surface area contributed by atoms with E-state index >= 15 is 0 Å². The molecule has 0 unspecified atom stereocenters. The van der Waals surface area contributed by atoms with E-state index < -0.39 is 10.0 Å². The number of carbonyl (C=O) groups excluding carboxylic acids is 1. The van der Waals surface area contributed by atoms with E-state index in [1.807, 2.05) is 6.07 Å². The van der Waals surface area contributed by atoms with E-state index in [9.17, 15) is 13.2 Å². The van der Waals surface area contributed by atoms with Gasteiger partial charge in [0.05, 0.1) is 16.5 Å². The number of rotatable bonds is 9. The van der Waals surface area contributed by atoms with Crippen LogP contribution in [0.4, 0.5) is 0 Å². The van der Waals surface area contributed by atoms with Crippen molar-refractivity contribution in [2.75, 3.05) is 26.2 Å². The Morgan fingerprint density at radius 3 is 2.19 bits per heavy atom. The predicted octanol–water partition coefficient (Wildman–Crippen LogP) is 3.14. The first-order valence-corrected chi connectivity index (χ1v) is 11.2. The van der Waals surface area contributed by atoms with Crippen molar-refractivity contribution in [1.29, 1.82) is 5.26 Å². The van der Waals surface area contributed by atoms with Gasteiger partial charge in [0, 0.05) is 32.6 Å². The maximum absolute atomic E-state index is 12.7. The van der Waals surface area contributed by atoms with E-state index in [2.05, 4.69) is 6.92 Å². The minimum Gasteiger partial charge on any atom is -0.340 e. The molecular weight excluding hydrogens is 362 g/mol. The molecule has 0 aliphatic carbocycles. The van der Waals surface area contributed by atoms with Crippen LogP contribution in [-0.4, -0.2) is 49.7 Å². The van der Waals surface area contributed by atoms with Gasteiger partial charge in [0.15, 0.2) is 0 Å². The summed E-state index contributed by atoms with van der Waals surface area (Å²) >= 11 is 0. The first kappa shape index (κ1) is 21.4. The third kappa shape index (κ3) is 6.05. The molecule has 1 heterocycles. The number of unbranched alkanes of at least 4 members (excludes halogenated alkanes) is 5. The van der Waals surface area contributed by atoms with E-state index in [-0.39, 0.29) is 10.8 Å². The van der Waals surface area contributed by atoms with E-state index in [1.165, 1.54) is 54.3 Å². The van der Waals surface area contributed by atoms with Crippen LogP contribution in [0, 0.1) is 11.3 Å². The van der Waals surface area contributed by atoms with Crippen LogP contribution in [0.2, 0.25) is 0 Å². The fraction of sp³-hybridized carbons (Fsp3) is 0.600. The topological polar surface area (TPSA) is 81.5 Å². The fourth-order valence-corrected chi connectivity index (χ4v) is 4.67. The molecule has 1 amide bonds. The molecule has 6 nitrogen and oxygen atoms in total. The van der Waals surface area contributed by atoms with Gasteiger partial charge in [-0.25, -0.2) is 8.42 Å². The number of sulfonamides is 1. The summed E-state index contributed by atoms with van der Waals surface area (Å²) < 4.78 is 26.8. The third-order valence-electron chi connectivity index (χ3n) is 4.96. The molecule has 0 atom stereocenters. The van der Waals surface area contributed by atoms with Gasteiger partial charge in [-0.05, 0) is 30.7 Å². The zero-order valence-electron chi connectivity index (χ0n) is 16.1. The Kier molecular flexibility index (Phi) is 8.26. The minimum absolute atomic E-state index is 0.126. The third-order valence-corrected chi connectivity index (χ3v) is 6.87. The zero-order valence-corrected chi connectivity index (χ0v) is 16.9. The number of nitrogens with zero attached hydrogens (tertiary/aromatic N) is 3. The van der Waals surface area contributed by atoms with Crippen molar-refractivity contribution >= 4 is 15.9 Å². The highest BCUT2D eigenvalue weighted by molar-refractivity contribution is 7.89. The Morgan fingerprint density at radius 2 is 1.59 bits per heavy atom. The second kappa shape index (κ2) is 10.4. The second-order valence-corrected chi connectivity index (χ2v) is 8.88. The van der Waals surface area contributed by atoms with Gasteiger partial charge in [0.1, 0.15) is 0 Å². The Balaban J connectivity index is 1.80. The molecule has 0 bridgehead atoms. The van der Waals surface area contributed by atoms with E-state index in [0.717, 1.165) is 12.8 Å². The largest absolute Gasteiger partial charge is 0.340 e. The molecular formula is C20H29N3O3S. The highest BCUT2D eigenvalue weighted by Gasteiger charge is 2.29. The van der Waals surface area contributed by atoms with Crippen LogP contribution in [0.1, 0.15) is 57.4 Å². The van der Waals surface area contributed by atoms with Crippen molar-refractivity contribution in [2.45, 2.75) is 56.8 Å². The highest BCUT2D eigenvalue weighted by Crippen LogP contribution is 2.19. The average molecular weight is 392 g/mol. The summed E-state index contributed by atoms with van der Waals surface area (Å²) in [5.74, 6) is 0.126. The highest BCUT2D eigenvalue weighted by atomic mass is 32.2. The molecule has 0 aromatic heterocycles. The van der Waals surface area contributed by atoms with E-state index in [0.29, 0.717) is 38.2 Å². The smallest absolute Gasteiger partial charge is 0.243 e. The quantitative estimate of drug-likeness (QED) is 0.606. The number of hydrogen-bond acceptors (Lipinski definition) is 4. The summed E-state index contributed by atoms with van der Waals surface area (Å²) in [7, 11) is -3.58. The molecule has 0 N–H and O–H groups in total. The summed E-state index contributed by atoms with van der Waals surface area (Å²) in [6.07, 6.45) is 7.42. The van der Waals surface area contributed by atoms with Crippen molar-refractivity contribution in [2.24, 2.45) is 0 Å². The lowest BCUT2D eigenvalue weighted by Crippen LogP contribution is -2.50. The summed E-state index contributed by atoms with van der Waals surface area (Å²) in [6.45, 7) is 3.67. The maximum atomic E-state index is 12.7. The Hall–Kier alpha value is -1.91. The molecule has 1 fully saturated rings. The first-order chi connectivity index (χ1) is 13.0. The molecule has 7 heteroatoms. The zero-order chi connectivity index (χ0) is 19.7. The van der Waals surface area contributed by atoms with Gasteiger partial charge in [0.2, 0.25) is 15.9 Å². The van der Waals surface area contributed by atoms with Gasteiger partial charge in [-0.15, -0.1) is 0 Å².